The summed E-state index contributed by atoms with van der Waals surface area (Å²) in [4.78, 5) is 45.6. The summed E-state index contributed by atoms with van der Waals surface area (Å²) in [6, 6.07) is 0. The summed E-state index contributed by atoms with van der Waals surface area (Å²) in [7, 11) is -4.36. The number of hydrogen-bond donors (Lipinski definition) is 2. The van der Waals surface area contributed by atoms with Gasteiger partial charge in [-0.05, 0) is 0 Å². The van der Waals surface area contributed by atoms with Crippen molar-refractivity contribution in [2.24, 2.45) is 5.14 Å². The first-order valence-electron chi connectivity index (χ1n) is 7.90. The van der Waals surface area contributed by atoms with E-state index in [1.807, 2.05) is 4.72 Å². The van der Waals surface area contributed by atoms with E-state index < -0.39 is 71.3 Å². The standard InChI is InChI=1S/C14H22N2O11S/c1-6(17)23-5-10-11(24-7(2)18)12(25-8(3)19)13(26-9(4)20)14(27-10)16-28(15,21)22/h10-14,16H,5H2,1-4H3,(H2,15,21,22)/t10?,11-,12?,13?,14-/m1/s1. The first-order chi connectivity index (χ1) is 12.8. The lowest BCUT2D eigenvalue weighted by Gasteiger charge is -2.44. The molecule has 0 spiro atoms. The van der Waals surface area contributed by atoms with Gasteiger partial charge in [0.1, 0.15) is 12.7 Å². The van der Waals surface area contributed by atoms with Crippen LogP contribution in [0.25, 0.3) is 0 Å². The van der Waals surface area contributed by atoms with E-state index in [1.54, 1.807) is 0 Å². The van der Waals surface area contributed by atoms with Crippen LogP contribution in [0.1, 0.15) is 27.7 Å². The smallest absolute Gasteiger partial charge is 0.303 e. The van der Waals surface area contributed by atoms with E-state index in [1.165, 1.54) is 0 Å². The van der Waals surface area contributed by atoms with Crippen LogP contribution in [0.2, 0.25) is 0 Å². The van der Waals surface area contributed by atoms with Crippen molar-refractivity contribution >= 4 is 34.1 Å². The summed E-state index contributed by atoms with van der Waals surface area (Å²) >= 11 is 0. The lowest BCUT2D eigenvalue weighted by molar-refractivity contribution is -0.254. The number of rotatable bonds is 7. The second-order valence-corrected chi connectivity index (χ2v) is 7.11. The molecule has 5 atom stereocenters. The Labute approximate surface area is 160 Å². The fraction of sp³-hybridized carbons (Fsp3) is 0.714. The average Bonchev–Trinajstić information content (AvgIpc) is 2.48. The minimum Gasteiger partial charge on any atom is -0.463 e. The molecule has 13 nitrogen and oxygen atoms in total. The van der Waals surface area contributed by atoms with Crippen LogP contribution < -0.4 is 9.86 Å². The molecule has 0 aromatic heterocycles. The lowest BCUT2D eigenvalue weighted by atomic mass is 9.97. The zero-order valence-electron chi connectivity index (χ0n) is 15.6. The van der Waals surface area contributed by atoms with Crippen LogP contribution >= 0.6 is 0 Å². The van der Waals surface area contributed by atoms with E-state index >= 15 is 0 Å². The zero-order valence-corrected chi connectivity index (χ0v) is 16.4. The Hall–Kier alpha value is -2.29. The molecule has 1 heterocycles. The molecular weight excluding hydrogens is 404 g/mol. The van der Waals surface area contributed by atoms with Crippen molar-refractivity contribution in [2.75, 3.05) is 6.61 Å². The second-order valence-electron chi connectivity index (χ2n) is 5.78. The molecule has 1 aliphatic heterocycles. The third-order valence-corrected chi connectivity index (χ3v) is 3.83. The van der Waals surface area contributed by atoms with Gasteiger partial charge in [0, 0.05) is 27.7 Å². The molecule has 1 saturated heterocycles. The largest absolute Gasteiger partial charge is 0.463 e. The van der Waals surface area contributed by atoms with E-state index in [9.17, 15) is 27.6 Å². The molecule has 1 rings (SSSR count). The van der Waals surface area contributed by atoms with Crippen LogP contribution in [0.3, 0.4) is 0 Å². The molecule has 0 radical (unpaired) electrons. The summed E-state index contributed by atoms with van der Waals surface area (Å²) < 4.78 is 50.3. The maximum atomic E-state index is 11.5. The summed E-state index contributed by atoms with van der Waals surface area (Å²) in [5, 5.41) is 4.95. The van der Waals surface area contributed by atoms with E-state index in [2.05, 4.69) is 0 Å². The Balaban J connectivity index is 3.36. The molecule has 0 aromatic rings. The molecule has 0 aromatic carbocycles. The fourth-order valence-electron chi connectivity index (χ4n) is 2.49. The molecule has 28 heavy (non-hydrogen) atoms. The first kappa shape index (κ1) is 23.7. The third-order valence-electron chi connectivity index (χ3n) is 3.27. The number of carbonyl (C=O) groups is 4. The highest BCUT2D eigenvalue weighted by molar-refractivity contribution is 7.87. The van der Waals surface area contributed by atoms with Gasteiger partial charge in [-0.25, -0.2) is 5.14 Å². The van der Waals surface area contributed by atoms with Gasteiger partial charge in [0.2, 0.25) is 0 Å². The Morgan fingerprint density at radius 3 is 1.75 bits per heavy atom. The second kappa shape index (κ2) is 9.77. The van der Waals surface area contributed by atoms with Crippen LogP contribution in [0.5, 0.6) is 0 Å². The van der Waals surface area contributed by atoms with Crippen LogP contribution in [-0.2, 0) is 53.1 Å². The molecular formula is C14H22N2O11S. The topological polar surface area (TPSA) is 187 Å². The first-order valence-corrected chi connectivity index (χ1v) is 9.45. The highest BCUT2D eigenvalue weighted by atomic mass is 32.2. The zero-order chi connectivity index (χ0) is 21.6. The highest BCUT2D eigenvalue weighted by Gasteiger charge is 2.52. The Morgan fingerprint density at radius 1 is 0.857 bits per heavy atom. The lowest BCUT2D eigenvalue weighted by Crippen LogP contribution is -2.66. The minimum atomic E-state index is -4.36. The molecule has 0 saturated carbocycles. The Morgan fingerprint density at radius 2 is 1.32 bits per heavy atom. The van der Waals surface area contributed by atoms with Gasteiger partial charge in [0.05, 0.1) is 0 Å². The van der Waals surface area contributed by atoms with Gasteiger partial charge in [0.15, 0.2) is 24.5 Å². The summed E-state index contributed by atoms with van der Waals surface area (Å²) in [5.41, 5.74) is 0. The molecule has 0 aliphatic carbocycles. The fourth-order valence-corrected chi connectivity index (χ4v) is 3.00. The number of nitrogens with one attached hydrogen (secondary N) is 1. The van der Waals surface area contributed by atoms with E-state index in [4.69, 9.17) is 28.8 Å². The molecule has 1 aliphatic rings. The molecule has 3 unspecified atom stereocenters. The predicted octanol–water partition coefficient (Wildman–Crippen LogP) is -2.14. The van der Waals surface area contributed by atoms with Gasteiger partial charge in [-0.15, -0.1) is 0 Å². The van der Waals surface area contributed by atoms with Crippen molar-refractivity contribution in [1.82, 2.24) is 4.72 Å². The van der Waals surface area contributed by atoms with Gasteiger partial charge in [-0.3, -0.25) is 19.2 Å². The van der Waals surface area contributed by atoms with Crippen LogP contribution in [0.15, 0.2) is 0 Å². The number of ether oxygens (including phenoxy) is 5. The van der Waals surface area contributed by atoms with Gasteiger partial charge < -0.3 is 23.7 Å². The highest BCUT2D eigenvalue weighted by Crippen LogP contribution is 2.28. The van der Waals surface area contributed by atoms with E-state index in [0.29, 0.717) is 0 Å². The van der Waals surface area contributed by atoms with Gasteiger partial charge >= 0.3 is 23.9 Å². The minimum absolute atomic E-state index is 0.485. The van der Waals surface area contributed by atoms with Gasteiger partial charge in [0.25, 0.3) is 10.2 Å². The van der Waals surface area contributed by atoms with Crippen LogP contribution in [-0.4, -0.2) is 69.5 Å². The maximum Gasteiger partial charge on any atom is 0.303 e. The summed E-state index contributed by atoms with van der Waals surface area (Å²) in [5.74, 6) is -3.22. The molecule has 160 valence electrons. The Kier molecular flexibility index (Phi) is 8.29. The van der Waals surface area contributed by atoms with Gasteiger partial charge in [-0.2, -0.15) is 13.1 Å². The molecule has 0 amide bonds. The van der Waals surface area contributed by atoms with Crippen molar-refractivity contribution in [2.45, 2.75) is 58.3 Å². The van der Waals surface area contributed by atoms with Gasteiger partial charge in [-0.1, -0.05) is 0 Å². The van der Waals surface area contributed by atoms with Crippen molar-refractivity contribution in [3.8, 4) is 0 Å². The van der Waals surface area contributed by atoms with Crippen molar-refractivity contribution in [3.63, 3.8) is 0 Å². The number of hydrogen-bond acceptors (Lipinski definition) is 11. The molecule has 3 N–H and O–H groups in total. The van der Waals surface area contributed by atoms with Crippen molar-refractivity contribution < 1.29 is 51.3 Å². The van der Waals surface area contributed by atoms with Crippen LogP contribution in [0, 0.1) is 0 Å². The summed E-state index contributed by atoms with van der Waals surface area (Å²) in [6.07, 6.45) is -7.33. The molecule has 0 bridgehead atoms. The number of nitrogens with two attached hydrogens (primary N) is 1. The quantitative estimate of drug-likeness (QED) is 0.334. The number of carbonyl (C=O) groups excluding carboxylic acids is 4. The SMILES string of the molecule is CC(=O)OCC1O[C@@H](NS(N)(=O)=O)C(OC(C)=O)C(OC(C)=O)[C@@H]1OC(C)=O. The van der Waals surface area contributed by atoms with E-state index in [-0.39, 0.29) is 0 Å². The normalized spacial score (nSPS) is 27.4. The van der Waals surface area contributed by atoms with Crippen molar-refractivity contribution in [3.05, 3.63) is 0 Å². The number of esters is 4. The third kappa shape index (κ3) is 7.75. The molecule has 1 fully saturated rings. The van der Waals surface area contributed by atoms with E-state index in [0.717, 1.165) is 27.7 Å². The Bertz CT molecular complexity index is 723. The molecule has 14 heteroatoms. The average molecular weight is 426 g/mol. The summed E-state index contributed by atoms with van der Waals surface area (Å²) in [6.45, 7) is 3.73. The van der Waals surface area contributed by atoms with Crippen LogP contribution in [0.4, 0.5) is 0 Å². The monoisotopic (exact) mass is 426 g/mol. The maximum absolute atomic E-state index is 11.5. The predicted molar refractivity (Wildman–Crippen MR) is 88.2 cm³/mol. The van der Waals surface area contributed by atoms with Crippen molar-refractivity contribution in [1.29, 1.82) is 0 Å².